The maximum atomic E-state index is 11.6. The highest BCUT2D eigenvalue weighted by molar-refractivity contribution is 5.79. The van der Waals surface area contributed by atoms with Crippen LogP contribution in [0, 0.1) is 6.92 Å². The van der Waals surface area contributed by atoms with Crippen LogP contribution in [0.3, 0.4) is 0 Å². The molecule has 0 atom stereocenters. The van der Waals surface area contributed by atoms with Crippen molar-refractivity contribution in [3.63, 3.8) is 0 Å². The average Bonchev–Trinajstić information content (AvgIpc) is 2.81. The lowest BCUT2D eigenvalue weighted by atomic mass is 10.3. The Bertz CT molecular complexity index is 727. The summed E-state index contributed by atoms with van der Waals surface area (Å²) in [6.07, 6.45) is 1.82. The molecule has 0 unspecified atom stereocenters. The van der Waals surface area contributed by atoms with Crippen LogP contribution in [0.1, 0.15) is 5.69 Å². The molecule has 2 aromatic heterocycles. The van der Waals surface area contributed by atoms with Gasteiger partial charge in [0.15, 0.2) is 5.52 Å². The second-order valence-electron chi connectivity index (χ2n) is 3.81. The summed E-state index contributed by atoms with van der Waals surface area (Å²) in [5.74, 6) is 0. The number of benzene rings is 1. The van der Waals surface area contributed by atoms with E-state index in [1.807, 2.05) is 43.5 Å². The average molecular weight is 226 g/mol. The molecule has 2 heterocycles. The van der Waals surface area contributed by atoms with E-state index in [1.54, 1.807) is 4.68 Å². The van der Waals surface area contributed by atoms with Crippen LogP contribution in [0.15, 0.2) is 41.3 Å². The van der Waals surface area contributed by atoms with Gasteiger partial charge in [-0.15, -0.1) is 0 Å². The predicted octanol–water partition coefficient (Wildman–Crippen LogP) is 1.42. The Hall–Kier alpha value is -2.43. The minimum atomic E-state index is -0.264. The summed E-state index contributed by atoms with van der Waals surface area (Å²) in [7, 11) is 0. The molecule has 0 saturated heterocycles. The van der Waals surface area contributed by atoms with Crippen molar-refractivity contribution in [3.05, 3.63) is 52.6 Å². The molecule has 0 aliphatic carbocycles. The molecule has 0 bridgehead atoms. The number of fused-ring (bicyclic) bond motifs is 1. The number of hydrogen-bond donors (Lipinski definition) is 1. The van der Waals surface area contributed by atoms with Crippen molar-refractivity contribution in [2.75, 3.05) is 0 Å². The highest BCUT2D eigenvalue weighted by Gasteiger charge is 2.08. The van der Waals surface area contributed by atoms with Crippen LogP contribution in [0.4, 0.5) is 0 Å². The van der Waals surface area contributed by atoms with E-state index in [9.17, 15) is 4.79 Å². The van der Waals surface area contributed by atoms with E-state index in [-0.39, 0.29) is 5.56 Å². The SMILES string of the molecule is Cc1n[nH]c(=O)c2nn(-c3ccccc3)cc12. The first kappa shape index (κ1) is 9.77. The molecule has 5 heteroatoms. The lowest BCUT2D eigenvalue weighted by molar-refractivity contribution is 0.890. The largest absolute Gasteiger partial charge is 0.292 e. The van der Waals surface area contributed by atoms with Crippen molar-refractivity contribution in [2.24, 2.45) is 0 Å². The van der Waals surface area contributed by atoms with Gasteiger partial charge in [0.2, 0.25) is 0 Å². The molecule has 0 saturated carbocycles. The van der Waals surface area contributed by atoms with Crippen LogP contribution in [0.25, 0.3) is 16.6 Å². The molecular weight excluding hydrogens is 216 g/mol. The van der Waals surface area contributed by atoms with Crippen molar-refractivity contribution < 1.29 is 0 Å². The second kappa shape index (κ2) is 3.55. The molecular formula is C12H10N4O. The molecule has 5 nitrogen and oxygen atoms in total. The van der Waals surface area contributed by atoms with Crippen molar-refractivity contribution >= 4 is 10.9 Å². The fourth-order valence-electron chi connectivity index (χ4n) is 1.77. The van der Waals surface area contributed by atoms with Crippen molar-refractivity contribution in [1.29, 1.82) is 0 Å². The van der Waals surface area contributed by atoms with Gasteiger partial charge in [-0.3, -0.25) is 4.79 Å². The van der Waals surface area contributed by atoms with Gasteiger partial charge in [0.1, 0.15) is 0 Å². The summed E-state index contributed by atoms with van der Waals surface area (Å²) in [6, 6.07) is 9.66. The van der Waals surface area contributed by atoms with Crippen LogP contribution in [-0.4, -0.2) is 20.0 Å². The van der Waals surface area contributed by atoms with Crippen LogP contribution in [0.2, 0.25) is 0 Å². The van der Waals surface area contributed by atoms with Gasteiger partial charge in [-0.1, -0.05) is 18.2 Å². The lowest BCUT2D eigenvalue weighted by Gasteiger charge is -1.98. The summed E-state index contributed by atoms with van der Waals surface area (Å²) in [5.41, 5.74) is 1.84. The number of aromatic nitrogens is 4. The second-order valence-corrected chi connectivity index (χ2v) is 3.81. The third-order valence-corrected chi connectivity index (χ3v) is 2.66. The Morgan fingerprint density at radius 3 is 2.71 bits per heavy atom. The topological polar surface area (TPSA) is 63.6 Å². The van der Waals surface area contributed by atoms with E-state index in [0.717, 1.165) is 16.8 Å². The van der Waals surface area contributed by atoms with Gasteiger partial charge in [-0.05, 0) is 19.1 Å². The van der Waals surface area contributed by atoms with E-state index in [4.69, 9.17) is 0 Å². The number of aryl methyl sites for hydroxylation is 1. The third-order valence-electron chi connectivity index (χ3n) is 2.66. The zero-order valence-corrected chi connectivity index (χ0v) is 9.21. The Kier molecular flexibility index (Phi) is 2.04. The summed E-state index contributed by atoms with van der Waals surface area (Å²) in [5, 5.41) is 11.4. The third kappa shape index (κ3) is 1.52. The van der Waals surface area contributed by atoms with Crippen LogP contribution in [0.5, 0.6) is 0 Å². The van der Waals surface area contributed by atoms with Crippen molar-refractivity contribution in [1.82, 2.24) is 20.0 Å². The Balaban J connectivity index is 2.31. The van der Waals surface area contributed by atoms with E-state index in [1.165, 1.54) is 0 Å². The first-order valence-electron chi connectivity index (χ1n) is 5.26. The number of aromatic amines is 1. The molecule has 0 aliphatic rings. The number of nitrogens with one attached hydrogen (secondary N) is 1. The Morgan fingerprint density at radius 2 is 2.00 bits per heavy atom. The molecule has 0 radical (unpaired) electrons. The highest BCUT2D eigenvalue weighted by Crippen LogP contribution is 2.14. The van der Waals surface area contributed by atoms with Gasteiger partial charge >= 0.3 is 0 Å². The molecule has 3 rings (SSSR count). The smallest absolute Gasteiger partial charge is 0.265 e. The van der Waals surface area contributed by atoms with Gasteiger partial charge in [-0.2, -0.15) is 10.2 Å². The molecule has 1 aromatic carbocycles. The summed E-state index contributed by atoms with van der Waals surface area (Å²) >= 11 is 0. The number of H-pyrrole nitrogens is 1. The summed E-state index contributed by atoms with van der Waals surface area (Å²) in [6.45, 7) is 1.84. The minimum absolute atomic E-state index is 0.264. The fraction of sp³-hybridized carbons (Fsp3) is 0.0833. The molecule has 0 amide bonds. The lowest BCUT2D eigenvalue weighted by Crippen LogP contribution is -2.09. The minimum Gasteiger partial charge on any atom is -0.265 e. The first-order valence-corrected chi connectivity index (χ1v) is 5.26. The number of rotatable bonds is 1. The number of nitrogens with zero attached hydrogens (tertiary/aromatic N) is 3. The monoisotopic (exact) mass is 226 g/mol. The van der Waals surface area contributed by atoms with E-state index in [0.29, 0.717) is 5.52 Å². The van der Waals surface area contributed by atoms with Crippen LogP contribution in [-0.2, 0) is 0 Å². The molecule has 0 aliphatic heterocycles. The Morgan fingerprint density at radius 1 is 1.24 bits per heavy atom. The molecule has 84 valence electrons. The number of para-hydroxylation sites is 1. The van der Waals surface area contributed by atoms with E-state index >= 15 is 0 Å². The van der Waals surface area contributed by atoms with Crippen LogP contribution < -0.4 is 5.56 Å². The predicted molar refractivity (Wildman–Crippen MR) is 64.2 cm³/mol. The van der Waals surface area contributed by atoms with Gasteiger partial charge in [-0.25, -0.2) is 9.78 Å². The van der Waals surface area contributed by atoms with Gasteiger partial charge in [0.25, 0.3) is 5.56 Å². The van der Waals surface area contributed by atoms with Crippen molar-refractivity contribution in [2.45, 2.75) is 6.92 Å². The maximum Gasteiger partial charge on any atom is 0.292 e. The molecule has 0 spiro atoms. The quantitative estimate of drug-likeness (QED) is 0.682. The standard InChI is InChI=1S/C12H10N4O/c1-8-10-7-16(9-5-3-2-4-6-9)15-11(10)12(17)14-13-8/h2-7H,1H3,(H,14,17). The fourth-order valence-corrected chi connectivity index (χ4v) is 1.77. The molecule has 0 fully saturated rings. The van der Waals surface area contributed by atoms with Gasteiger partial charge in [0, 0.05) is 11.6 Å². The normalized spacial score (nSPS) is 10.9. The number of hydrogen-bond acceptors (Lipinski definition) is 3. The molecule has 17 heavy (non-hydrogen) atoms. The maximum absolute atomic E-state index is 11.6. The van der Waals surface area contributed by atoms with E-state index < -0.39 is 0 Å². The van der Waals surface area contributed by atoms with Gasteiger partial charge < -0.3 is 0 Å². The zero-order valence-electron chi connectivity index (χ0n) is 9.21. The highest BCUT2D eigenvalue weighted by atomic mass is 16.1. The van der Waals surface area contributed by atoms with Gasteiger partial charge in [0.05, 0.1) is 11.4 Å². The molecule has 3 aromatic rings. The summed E-state index contributed by atoms with van der Waals surface area (Å²) in [4.78, 5) is 11.6. The zero-order chi connectivity index (χ0) is 11.8. The molecule has 1 N–H and O–H groups in total. The summed E-state index contributed by atoms with van der Waals surface area (Å²) < 4.78 is 1.69. The van der Waals surface area contributed by atoms with Crippen molar-refractivity contribution in [3.8, 4) is 5.69 Å². The Labute approximate surface area is 96.7 Å². The first-order chi connectivity index (χ1) is 8.25. The van der Waals surface area contributed by atoms with E-state index in [2.05, 4.69) is 15.3 Å². The van der Waals surface area contributed by atoms with Crippen LogP contribution >= 0.6 is 0 Å².